The van der Waals surface area contributed by atoms with E-state index in [1.54, 1.807) is 23.0 Å². The van der Waals surface area contributed by atoms with Gasteiger partial charge in [-0.05, 0) is 42.7 Å². The number of para-hydroxylation sites is 1. The molecule has 2 aromatic carbocycles. The Bertz CT molecular complexity index is 1320. The number of carbonyl (C=O) groups is 2. The van der Waals surface area contributed by atoms with E-state index in [1.165, 1.54) is 4.90 Å². The smallest absolute Gasteiger partial charge is 0.361 e. The van der Waals surface area contributed by atoms with Gasteiger partial charge in [-0.2, -0.15) is 26.3 Å². The number of carbonyl (C=O) groups excluding carboxylic acids is 2. The molecule has 0 bridgehead atoms. The molecular weight excluding hydrogens is 526 g/mol. The molecule has 1 aromatic heterocycles. The van der Waals surface area contributed by atoms with Gasteiger partial charge >= 0.3 is 18.4 Å². The maximum Gasteiger partial charge on any atom is 0.416 e. The molecular formula is C27H28F6N4O2. The quantitative estimate of drug-likeness (QED) is 0.391. The van der Waals surface area contributed by atoms with E-state index in [9.17, 15) is 35.9 Å². The van der Waals surface area contributed by atoms with Gasteiger partial charge in [0.05, 0.1) is 17.2 Å². The highest BCUT2D eigenvalue weighted by atomic mass is 19.4. The summed E-state index contributed by atoms with van der Waals surface area (Å²) in [5, 5.41) is 0.870. The summed E-state index contributed by atoms with van der Waals surface area (Å²) in [6.45, 7) is 2.55. The zero-order valence-corrected chi connectivity index (χ0v) is 21.4. The van der Waals surface area contributed by atoms with E-state index in [0.717, 1.165) is 22.9 Å². The van der Waals surface area contributed by atoms with Crippen LogP contribution in [0.15, 0.2) is 48.7 Å². The molecule has 210 valence electrons. The number of halogens is 6. The fourth-order valence-corrected chi connectivity index (χ4v) is 4.94. The molecule has 1 fully saturated rings. The number of urea groups is 1. The molecule has 0 radical (unpaired) electrons. The van der Waals surface area contributed by atoms with E-state index in [2.05, 4.69) is 4.98 Å². The molecule has 4 rings (SSSR count). The largest absolute Gasteiger partial charge is 0.416 e. The fraction of sp³-hybridized carbons (Fsp3) is 0.407. The molecule has 1 atom stereocenters. The second kappa shape index (κ2) is 10.8. The molecule has 0 aliphatic carbocycles. The van der Waals surface area contributed by atoms with Crippen molar-refractivity contribution in [2.24, 2.45) is 0 Å². The van der Waals surface area contributed by atoms with Crippen molar-refractivity contribution in [2.45, 2.75) is 38.2 Å². The van der Waals surface area contributed by atoms with Gasteiger partial charge in [0.25, 0.3) is 5.91 Å². The third kappa shape index (κ3) is 6.15. The minimum atomic E-state index is -5.07. The molecule has 1 N–H and O–H groups in total. The summed E-state index contributed by atoms with van der Waals surface area (Å²) in [5.74, 6) is -0.953. The Morgan fingerprint density at radius 1 is 1.00 bits per heavy atom. The molecule has 0 saturated carbocycles. The second-order valence-electron chi connectivity index (χ2n) is 9.66. The first-order valence-corrected chi connectivity index (χ1v) is 12.4. The van der Waals surface area contributed by atoms with Crippen molar-refractivity contribution < 1.29 is 35.9 Å². The van der Waals surface area contributed by atoms with Gasteiger partial charge < -0.3 is 19.7 Å². The lowest BCUT2D eigenvalue weighted by molar-refractivity contribution is -0.143. The Morgan fingerprint density at radius 3 is 2.26 bits per heavy atom. The molecule has 6 nitrogen and oxygen atoms in total. The highest BCUT2D eigenvalue weighted by molar-refractivity contribution is 5.95. The van der Waals surface area contributed by atoms with E-state index in [4.69, 9.17) is 0 Å². The van der Waals surface area contributed by atoms with Crippen LogP contribution in [0.1, 0.15) is 40.4 Å². The first-order chi connectivity index (χ1) is 18.3. The SMILES string of the molecule is CCCN(C)C(=O)N1CCN(C(=O)c2cc(C(F)(F)F)cc(C(F)(F)F)c2)[C@H](Cc2c[nH]c3ccccc23)C1. The maximum atomic E-state index is 13.5. The molecule has 12 heteroatoms. The molecule has 3 amide bonds. The normalized spacial score (nSPS) is 16.6. The van der Waals surface area contributed by atoms with Crippen LogP contribution < -0.4 is 0 Å². The second-order valence-corrected chi connectivity index (χ2v) is 9.66. The van der Waals surface area contributed by atoms with Crippen molar-refractivity contribution in [2.75, 3.05) is 33.2 Å². The number of hydrogen-bond donors (Lipinski definition) is 1. The summed E-state index contributed by atoms with van der Waals surface area (Å²) in [6, 6.07) is 7.37. The van der Waals surface area contributed by atoms with E-state index in [-0.39, 0.29) is 38.2 Å². The Labute approximate surface area is 221 Å². The number of piperazine rings is 1. The molecule has 39 heavy (non-hydrogen) atoms. The minimum Gasteiger partial charge on any atom is -0.361 e. The van der Waals surface area contributed by atoms with Gasteiger partial charge in [-0.1, -0.05) is 25.1 Å². The van der Waals surface area contributed by atoms with Crippen LogP contribution in [0, 0.1) is 0 Å². The molecule has 3 aromatic rings. The molecule has 1 aliphatic rings. The van der Waals surface area contributed by atoms with Crippen LogP contribution in [0.2, 0.25) is 0 Å². The Hall–Kier alpha value is -3.70. The average Bonchev–Trinajstić information content (AvgIpc) is 3.29. The molecule has 1 aliphatic heterocycles. The predicted molar refractivity (Wildman–Crippen MR) is 133 cm³/mol. The van der Waals surface area contributed by atoms with E-state index in [0.29, 0.717) is 18.7 Å². The number of aromatic nitrogens is 1. The number of nitrogens with zero attached hydrogens (tertiary/aromatic N) is 3. The summed E-state index contributed by atoms with van der Waals surface area (Å²) in [7, 11) is 1.65. The summed E-state index contributed by atoms with van der Waals surface area (Å²) in [4.78, 5) is 34.1. The topological polar surface area (TPSA) is 59.7 Å². The van der Waals surface area contributed by atoms with Crippen molar-refractivity contribution in [3.8, 4) is 0 Å². The number of fused-ring (bicyclic) bond motifs is 1. The monoisotopic (exact) mass is 554 g/mol. The van der Waals surface area contributed by atoms with Gasteiger partial charge in [-0.15, -0.1) is 0 Å². The van der Waals surface area contributed by atoms with Gasteiger partial charge in [0.15, 0.2) is 0 Å². The first-order valence-electron chi connectivity index (χ1n) is 12.4. The van der Waals surface area contributed by atoms with Crippen molar-refractivity contribution >= 4 is 22.8 Å². The number of aromatic amines is 1. The van der Waals surface area contributed by atoms with Gasteiger partial charge in [-0.3, -0.25) is 4.79 Å². The Balaban J connectivity index is 1.71. The van der Waals surface area contributed by atoms with E-state index < -0.39 is 41.0 Å². The standard InChI is InChI=1S/C27H28F6N4O2/c1-3-8-35(2)25(39)36-9-10-37(21(16-36)13-18-15-34-23-7-5-4-6-22(18)23)24(38)17-11-19(26(28,29)30)14-20(12-17)27(31,32)33/h4-7,11-12,14-15,21,34H,3,8-10,13,16H2,1-2H3/t21-/m1/s1. The fourth-order valence-electron chi connectivity index (χ4n) is 4.94. The van der Waals surface area contributed by atoms with Crippen molar-refractivity contribution in [1.82, 2.24) is 19.7 Å². The number of rotatable bonds is 5. The summed E-state index contributed by atoms with van der Waals surface area (Å²) >= 11 is 0. The number of benzene rings is 2. The van der Waals surface area contributed by atoms with Crippen molar-refractivity contribution in [3.05, 3.63) is 70.9 Å². The van der Waals surface area contributed by atoms with Crippen LogP contribution in [0.3, 0.4) is 0 Å². The third-order valence-corrected chi connectivity index (χ3v) is 6.86. The summed E-state index contributed by atoms with van der Waals surface area (Å²) in [6.07, 6.45) is -7.43. The zero-order chi connectivity index (χ0) is 28.5. The highest BCUT2D eigenvalue weighted by Gasteiger charge is 2.39. The van der Waals surface area contributed by atoms with Crippen LogP contribution in [0.4, 0.5) is 31.1 Å². The van der Waals surface area contributed by atoms with Gasteiger partial charge in [0.1, 0.15) is 0 Å². The predicted octanol–water partition coefficient (Wildman–Crippen LogP) is 6.04. The Kier molecular flexibility index (Phi) is 7.85. The number of amides is 3. The first kappa shape index (κ1) is 28.3. The van der Waals surface area contributed by atoms with Crippen LogP contribution in [-0.2, 0) is 18.8 Å². The van der Waals surface area contributed by atoms with Crippen LogP contribution >= 0.6 is 0 Å². The molecule has 2 heterocycles. The maximum absolute atomic E-state index is 13.5. The molecule has 1 saturated heterocycles. The third-order valence-electron chi connectivity index (χ3n) is 6.86. The Morgan fingerprint density at radius 2 is 1.64 bits per heavy atom. The van der Waals surface area contributed by atoms with Crippen LogP contribution in [-0.4, -0.2) is 70.9 Å². The van der Waals surface area contributed by atoms with Crippen molar-refractivity contribution in [3.63, 3.8) is 0 Å². The van der Waals surface area contributed by atoms with Gasteiger partial charge in [0, 0.05) is 55.9 Å². The average molecular weight is 555 g/mol. The van der Waals surface area contributed by atoms with Crippen molar-refractivity contribution in [1.29, 1.82) is 0 Å². The number of alkyl halides is 6. The lowest BCUT2D eigenvalue weighted by Gasteiger charge is -2.42. The van der Waals surface area contributed by atoms with Gasteiger partial charge in [-0.25, -0.2) is 4.79 Å². The number of H-pyrrole nitrogens is 1. The zero-order valence-electron chi connectivity index (χ0n) is 21.4. The number of hydrogen-bond acceptors (Lipinski definition) is 2. The minimum absolute atomic E-state index is 0.000371. The molecule has 0 unspecified atom stereocenters. The van der Waals surface area contributed by atoms with Crippen LogP contribution in [0.25, 0.3) is 10.9 Å². The van der Waals surface area contributed by atoms with E-state index in [1.807, 2.05) is 31.2 Å². The van der Waals surface area contributed by atoms with E-state index >= 15 is 0 Å². The van der Waals surface area contributed by atoms with Gasteiger partial charge in [0.2, 0.25) is 0 Å². The molecule has 0 spiro atoms. The lowest BCUT2D eigenvalue weighted by Crippen LogP contribution is -2.59. The summed E-state index contributed by atoms with van der Waals surface area (Å²) in [5.41, 5.74) is -2.16. The van der Waals surface area contributed by atoms with Crippen LogP contribution in [0.5, 0.6) is 0 Å². The highest BCUT2D eigenvalue weighted by Crippen LogP contribution is 2.37. The number of nitrogens with one attached hydrogen (secondary N) is 1. The lowest BCUT2D eigenvalue weighted by atomic mass is 9.99. The summed E-state index contributed by atoms with van der Waals surface area (Å²) < 4.78 is 80.7.